The van der Waals surface area contributed by atoms with Gasteiger partial charge in [-0.05, 0) is 88.1 Å². The average Bonchev–Trinajstić information content (AvgIpc) is 3.45. The first kappa shape index (κ1) is 32.9. The van der Waals surface area contributed by atoms with E-state index < -0.39 is 24.0 Å². The van der Waals surface area contributed by atoms with Gasteiger partial charge in [-0.15, -0.1) is 0 Å². The van der Waals surface area contributed by atoms with E-state index >= 15 is 0 Å². The van der Waals surface area contributed by atoms with E-state index in [1.807, 2.05) is 13.0 Å². The molecule has 2 aromatic heterocycles. The number of aromatic nitrogens is 4. The highest BCUT2D eigenvalue weighted by Crippen LogP contribution is 2.59. The zero-order valence-corrected chi connectivity index (χ0v) is 27.6. The van der Waals surface area contributed by atoms with Gasteiger partial charge >= 0.3 is 0 Å². The standard InChI is InChI=1S/C35H44FN7O4/c1-20(2)27(36)17-39-34(47)28-13-35-14-29(35)43(28)31(46)18-42-33-23(9-7-5-6-8-10-30(45)40-19-35)11-24(25-15-37-22(4)38-16-25)12-26(33)32(41-42)21(3)44/h11-12,15-16,28-30,40,45H,5-10,13-14,17-19H2,1-4H3,(H,39,47)/t28-,29+,30?,35-/m0/s1. The van der Waals surface area contributed by atoms with Crippen molar-refractivity contribution >= 4 is 28.5 Å². The molecule has 1 unspecified atom stereocenters. The highest BCUT2D eigenvalue weighted by atomic mass is 19.1. The molecule has 1 aliphatic carbocycles. The van der Waals surface area contributed by atoms with Crippen LogP contribution in [0.1, 0.15) is 87.6 Å². The highest BCUT2D eigenvalue weighted by molar-refractivity contribution is 6.07. The smallest absolute Gasteiger partial charge is 0.245 e. The lowest BCUT2D eigenvalue weighted by Gasteiger charge is -2.27. The molecule has 3 aromatic rings. The van der Waals surface area contributed by atoms with Crippen LogP contribution in [-0.4, -0.2) is 78.8 Å². The van der Waals surface area contributed by atoms with E-state index in [0.29, 0.717) is 49.0 Å². The summed E-state index contributed by atoms with van der Waals surface area (Å²) in [6.07, 6.45) is 8.93. The first-order valence-corrected chi connectivity index (χ1v) is 16.6. The van der Waals surface area contributed by atoms with Gasteiger partial charge in [0.15, 0.2) is 5.78 Å². The number of aliphatic hydroxyl groups excluding tert-OH is 1. The topological polar surface area (TPSA) is 142 Å². The molecule has 11 nitrogen and oxygen atoms in total. The largest absolute Gasteiger partial charge is 0.379 e. The van der Waals surface area contributed by atoms with Gasteiger partial charge in [0.25, 0.3) is 0 Å². The van der Waals surface area contributed by atoms with Gasteiger partial charge in [-0.3, -0.25) is 24.4 Å². The minimum Gasteiger partial charge on any atom is -0.379 e. The van der Waals surface area contributed by atoms with Gasteiger partial charge in [0.2, 0.25) is 11.8 Å². The summed E-state index contributed by atoms with van der Waals surface area (Å²) in [7, 11) is 0. The van der Waals surface area contributed by atoms with Crippen molar-refractivity contribution in [2.75, 3.05) is 13.1 Å². The van der Waals surface area contributed by atoms with Crippen LogP contribution in [0.25, 0.3) is 22.0 Å². The summed E-state index contributed by atoms with van der Waals surface area (Å²) < 4.78 is 16.0. The third-order valence-electron chi connectivity index (χ3n) is 9.99. The molecule has 2 amide bonds. The van der Waals surface area contributed by atoms with E-state index in [0.717, 1.165) is 47.9 Å². The average molecular weight is 646 g/mol. The number of benzene rings is 1. The molecular weight excluding hydrogens is 601 g/mol. The maximum absolute atomic E-state index is 14.3. The second kappa shape index (κ2) is 13.2. The van der Waals surface area contributed by atoms with Crippen molar-refractivity contribution < 1.29 is 23.9 Å². The van der Waals surface area contributed by atoms with Crippen LogP contribution in [0.5, 0.6) is 0 Å². The predicted molar refractivity (Wildman–Crippen MR) is 175 cm³/mol. The zero-order chi connectivity index (χ0) is 33.5. The van der Waals surface area contributed by atoms with Crippen molar-refractivity contribution in [1.82, 2.24) is 35.3 Å². The molecule has 2 aliphatic heterocycles. The van der Waals surface area contributed by atoms with Crippen LogP contribution in [0.2, 0.25) is 0 Å². The molecule has 250 valence electrons. The first-order chi connectivity index (χ1) is 22.5. The number of allylic oxidation sites excluding steroid dienone is 1. The van der Waals surface area contributed by atoms with Gasteiger partial charge in [-0.2, -0.15) is 5.10 Å². The van der Waals surface area contributed by atoms with Crippen molar-refractivity contribution in [2.45, 2.75) is 104 Å². The van der Waals surface area contributed by atoms with Gasteiger partial charge in [0.05, 0.1) is 12.1 Å². The SMILES string of the molecule is CC(=O)c1nn2c3c(cc(-c4cnc(C)nc4)cc13)CCCCCCC(O)NC[C@@]13C[C@@H](C(=O)NCC(F)=C(C)C)N(C(=O)C2)[C@@H]1C3. The summed E-state index contributed by atoms with van der Waals surface area (Å²) in [5.41, 5.74) is 3.79. The van der Waals surface area contributed by atoms with Crippen LogP contribution < -0.4 is 10.6 Å². The fraction of sp³-hybridized carbons (Fsp3) is 0.543. The summed E-state index contributed by atoms with van der Waals surface area (Å²) in [6, 6.07) is 3.01. The summed E-state index contributed by atoms with van der Waals surface area (Å²) >= 11 is 0. The molecule has 4 heterocycles. The lowest BCUT2D eigenvalue weighted by molar-refractivity contribution is -0.140. The lowest BCUT2D eigenvalue weighted by Crippen LogP contribution is -2.49. The number of nitrogens with zero attached hydrogens (tertiary/aromatic N) is 5. The third-order valence-corrected chi connectivity index (χ3v) is 9.99. The third kappa shape index (κ3) is 6.71. The molecule has 2 fully saturated rings. The predicted octanol–water partition coefficient (Wildman–Crippen LogP) is 4.16. The van der Waals surface area contributed by atoms with Gasteiger partial charge in [-0.1, -0.05) is 12.8 Å². The maximum Gasteiger partial charge on any atom is 0.245 e. The monoisotopic (exact) mass is 645 g/mol. The van der Waals surface area contributed by atoms with Crippen LogP contribution in [0.4, 0.5) is 4.39 Å². The first-order valence-electron chi connectivity index (χ1n) is 16.6. The number of piperidine rings is 1. The zero-order valence-electron chi connectivity index (χ0n) is 27.6. The van der Waals surface area contributed by atoms with Crippen LogP contribution in [0, 0.1) is 12.3 Å². The van der Waals surface area contributed by atoms with Crippen LogP contribution in [-0.2, 0) is 22.6 Å². The number of nitrogens with one attached hydrogen (secondary N) is 2. The van der Waals surface area contributed by atoms with Crippen LogP contribution >= 0.6 is 0 Å². The fourth-order valence-electron chi connectivity index (χ4n) is 7.25. The second-order valence-electron chi connectivity index (χ2n) is 13.7. The molecule has 2 bridgehead atoms. The Balaban J connectivity index is 1.40. The number of hydrogen-bond acceptors (Lipinski definition) is 8. The van der Waals surface area contributed by atoms with E-state index in [1.165, 1.54) is 6.92 Å². The summed E-state index contributed by atoms with van der Waals surface area (Å²) in [6.45, 7) is 6.66. The number of ketones is 1. The molecule has 1 saturated carbocycles. The Labute approximate surface area is 274 Å². The van der Waals surface area contributed by atoms with Crippen molar-refractivity contribution in [2.24, 2.45) is 5.41 Å². The number of Topliss-reactive ketones (excluding diaryl/α,β-unsaturated/α-hetero) is 1. The number of aliphatic hydroxyl groups is 1. The van der Waals surface area contributed by atoms with E-state index in [-0.39, 0.29) is 41.9 Å². The molecule has 3 aliphatic rings. The van der Waals surface area contributed by atoms with Crippen molar-refractivity contribution in [1.29, 1.82) is 0 Å². The Morgan fingerprint density at radius 3 is 2.55 bits per heavy atom. The molecule has 1 aromatic carbocycles. The normalized spacial score (nSPS) is 24.9. The number of hydrogen-bond donors (Lipinski definition) is 3. The van der Waals surface area contributed by atoms with Gasteiger partial charge in [0.1, 0.15) is 36.2 Å². The van der Waals surface area contributed by atoms with Crippen LogP contribution in [0.15, 0.2) is 35.9 Å². The molecule has 12 heteroatoms. The quantitative estimate of drug-likeness (QED) is 0.352. The molecule has 0 radical (unpaired) electrons. The summed E-state index contributed by atoms with van der Waals surface area (Å²) in [4.78, 5) is 51.1. The number of rotatable bonds is 5. The molecule has 3 N–H and O–H groups in total. The minimum absolute atomic E-state index is 0.154. The lowest BCUT2D eigenvalue weighted by atomic mass is 9.96. The highest BCUT2D eigenvalue weighted by Gasteiger charge is 2.66. The Bertz CT molecular complexity index is 1730. The number of amides is 2. The number of halogens is 1. The Morgan fingerprint density at radius 2 is 1.83 bits per heavy atom. The van der Waals surface area contributed by atoms with E-state index in [4.69, 9.17) is 5.10 Å². The molecule has 1 saturated heterocycles. The molecule has 4 atom stereocenters. The fourth-order valence-corrected chi connectivity index (χ4v) is 7.25. The van der Waals surface area contributed by atoms with Crippen molar-refractivity contribution in [3.05, 3.63) is 53.0 Å². The number of carbonyl (C=O) groups excluding carboxylic acids is 3. The molecule has 6 rings (SSSR count). The Hall–Kier alpha value is -4.03. The summed E-state index contributed by atoms with van der Waals surface area (Å²) in [5.74, 6) is -0.660. The van der Waals surface area contributed by atoms with Gasteiger partial charge in [0, 0.05) is 48.3 Å². The molecular formula is C35H44FN7O4. The summed E-state index contributed by atoms with van der Waals surface area (Å²) in [5, 5.41) is 22.0. The molecule has 0 spiro atoms. The maximum atomic E-state index is 14.3. The second-order valence-corrected chi connectivity index (χ2v) is 13.7. The van der Waals surface area contributed by atoms with E-state index in [1.54, 1.807) is 35.8 Å². The minimum atomic E-state index is -0.786. The number of carbonyl (C=O) groups is 3. The van der Waals surface area contributed by atoms with Crippen molar-refractivity contribution in [3.63, 3.8) is 0 Å². The Kier molecular flexibility index (Phi) is 9.26. The van der Waals surface area contributed by atoms with Crippen molar-refractivity contribution in [3.8, 4) is 11.1 Å². The molecule has 47 heavy (non-hydrogen) atoms. The van der Waals surface area contributed by atoms with E-state index in [9.17, 15) is 23.9 Å². The van der Waals surface area contributed by atoms with Gasteiger partial charge < -0.3 is 15.3 Å². The Morgan fingerprint density at radius 1 is 1.09 bits per heavy atom. The van der Waals surface area contributed by atoms with Gasteiger partial charge in [-0.25, -0.2) is 14.4 Å². The van der Waals surface area contributed by atoms with Crippen LogP contribution in [0.3, 0.4) is 0 Å². The number of aryl methyl sites for hydroxylation is 2. The van der Waals surface area contributed by atoms with E-state index in [2.05, 4.69) is 26.7 Å².